The molecule has 16 heavy (non-hydrogen) atoms. The van der Waals surface area contributed by atoms with Crippen molar-refractivity contribution < 1.29 is 5.11 Å². The van der Waals surface area contributed by atoms with E-state index in [1.54, 1.807) is 6.92 Å². The average Bonchev–Trinajstić information content (AvgIpc) is 2.64. The average molecular weight is 254 g/mol. The maximum Gasteiger partial charge on any atom is 0.251 e. The van der Waals surface area contributed by atoms with E-state index >= 15 is 0 Å². The summed E-state index contributed by atoms with van der Waals surface area (Å²) in [5, 5.41) is 9.51. The molecule has 0 fully saturated rings. The zero-order valence-corrected chi connectivity index (χ0v) is 10.2. The molecule has 0 saturated carbocycles. The van der Waals surface area contributed by atoms with Crippen molar-refractivity contribution in [2.45, 2.75) is 22.9 Å². The number of nitrogens with zero attached hydrogens (tertiary/aromatic N) is 1. The molecule has 0 aliphatic heterocycles. The molecule has 0 radical (unpaired) electrons. The molecule has 2 aromatic heterocycles. The van der Waals surface area contributed by atoms with Crippen LogP contribution in [0.2, 0.25) is 0 Å². The lowest BCUT2D eigenvalue weighted by molar-refractivity contribution is 0.285. The van der Waals surface area contributed by atoms with Crippen LogP contribution in [0.25, 0.3) is 0 Å². The summed E-state index contributed by atoms with van der Waals surface area (Å²) in [5.41, 5.74) is 0.555. The molecule has 0 aliphatic carbocycles. The smallest absolute Gasteiger partial charge is 0.251 e. The predicted molar refractivity (Wildman–Crippen MR) is 64.0 cm³/mol. The molecule has 0 unspecified atom stereocenters. The maximum absolute atomic E-state index is 11.2. The van der Waals surface area contributed by atoms with Crippen LogP contribution in [0.3, 0.4) is 0 Å². The molecule has 2 heterocycles. The minimum atomic E-state index is -0.145. The van der Waals surface area contributed by atoms with Crippen molar-refractivity contribution >= 4 is 23.1 Å². The molecule has 0 aromatic carbocycles. The van der Waals surface area contributed by atoms with Gasteiger partial charge in [-0.05, 0) is 30.8 Å². The first-order valence-corrected chi connectivity index (χ1v) is 6.26. The van der Waals surface area contributed by atoms with Gasteiger partial charge in [0, 0.05) is 16.6 Å². The van der Waals surface area contributed by atoms with E-state index in [2.05, 4.69) is 9.97 Å². The van der Waals surface area contributed by atoms with E-state index in [-0.39, 0.29) is 12.2 Å². The Morgan fingerprint density at radius 3 is 3.00 bits per heavy atom. The summed E-state index contributed by atoms with van der Waals surface area (Å²) in [4.78, 5) is 19.0. The predicted octanol–water partition coefficient (Wildman–Crippen LogP) is 1.78. The topological polar surface area (TPSA) is 66.0 Å². The van der Waals surface area contributed by atoms with Crippen LogP contribution in [0.5, 0.6) is 0 Å². The lowest BCUT2D eigenvalue weighted by atomic mass is 10.5. The van der Waals surface area contributed by atoms with Gasteiger partial charge in [0.1, 0.15) is 0 Å². The standard InChI is InChI=1S/C10H10N2O2S2/c1-6-4-8(14)12-10(11-6)16-9-3-2-7(5-13)15-9/h2-4,13H,5H2,1H3,(H,11,12,14). The van der Waals surface area contributed by atoms with Gasteiger partial charge in [-0.15, -0.1) is 11.3 Å². The van der Waals surface area contributed by atoms with E-state index in [9.17, 15) is 4.79 Å². The largest absolute Gasteiger partial charge is 0.391 e. The molecule has 4 nitrogen and oxygen atoms in total. The third-order valence-electron chi connectivity index (χ3n) is 1.84. The molecule has 0 aliphatic rings. The van der Waals surface area contributed by atoms with Gasteiger partial charge in [0.2, 0.25) is 0 Å². The molecule has 0 bridgehead atoms. The summed E-state index contributed by atoms with van der Waals surface area (Å²) < 4.78 is 0.998. The Labute approximate surface area is 100 Å². The minimum Gasteiger partial charge on any atom is -0.391 e. The minimum absolute atomic E-state index is 0.0446. The number of aryl methyl sites for hydroxylation is 1. The van der Waals surface area contributed by atoms with Gasteiger partial charge in [-0.25, -0.2) is 4.98 Å². The summed E-state index contributed by atoms with van der Waals surface area (Å²) in [6.45, 7) is 1.83. The van der Waals surface area contributed by atoms with E-state index < -0.39 is 0 Å². The number of aliphatic hydroxyl groups is 1. The van der Waals surface area contributed by atoms with Crippen LogP contribution in [-0.4, -0.2) is 15.1 Å². The fraction of sp³-hybridized carbons (Fsp3) is 0.200. The van der Waals surface area contributed by atoms with Gasteiger partial charge >= 0.3 is 0 Å². The first-order valence-electron chi connectivity index (χ1n) is 4.63. The summed E-state index contributed by atoms with van der Waals surface area (Å²) in [6, 6.07) is 5.22. The van der Waals surface area contributed by atoms with Gasteiger partial charge in [-0.1, -0.05) is 0 Å². The van der Waals surface area contributed by atoms with Crippen LogP contribution in [0.1, 0.15) is 10.6 Å². The highest BCUT2D eigenvalue weighted by Crippen LogP contribution is 2.30. The Hall–Kier alpha value is -1.11. The van der Waals surface area contributed by atoms with E-state index in [0.29, 0.717) is 10.9 Å². The quantitative estimate of drug-likeness (QED) is 0.819. The van der Waals surface area contributed by atoms with Gasteiger partial charge in [-0.3, -0.25) is 4.79 Å². The summed E-state index contributed by atoms with van der Waals surface area (Å²) in [6.07, 6.45) is 0. The van der Waals surface area contributed by atoms with Crippen LogP contribution in [0.15, 0.2) is 32.4 Å². The number of aliphatic hydroxyl groups excluding tert-OH is 1. The van der Waals surface area contributed by atoms with E-state index in [1.807, 2.05) is 12.1 Å². The second-order valence-corrected chi connectivity index (χ2v) is 5.63. The van der Waals surface area contributed by atoms with E-state index in [4.69, 9.17) is 5.11 Å². The number of nitrogens with one attached hydrogen (secondary N) is 1. The number of hydrogen-bond donors (Lipinski definition) is 2. The van der Waals surface area contributed by atoms with Crippen molar-refractivity contribution in [3.8, 4) is 0 Å². The molecule has 0 atom stereocenters. The number of thiophene rings is 1. The summed E-state index contributed by atoms with van der Waals surface area (Å²) >= 11 is 2.88. The second kappa shape index (κ2) is 4.82. The highest BCUT2D eigenvalue weighted by atomic mass is 32.2. The molecule has 2 aromatic rings. The lowest BCUT2D eigenvalue weighted by Crippen LogP contribution is -2.07. The second-order valence-electron chi connectivity index (χ2n) is 3.17. The van der Waals surface area contributed by atoms with Crippen LogP contribution >= 0.6 is 23.1 Å². The van der Waals surface area contributed by atoms with E-state index in [1.165, 1.54) is 29.2 Å². The van der Waals surface area contributed by atoms with Crippen molar-refractivity contribution in [2.24, 2.45) is 0 Å². The fourth-order valence-electron chi connectivity index (χ4n) is 1.19. The van der Waals surface area contributed by atoms with Gasteiger partial charge in [0.15, 0.2) is 5.16 Å². The highest BCUT2D eigenvalue weighted by molar-refractivity contribution is 8.01. The van der Waals surface area contributed by atoms with Crippen LogP contribution in [0.4, 0.5) is 0 Å². The Morgan fingerprint density at radius 2 is 2.38 bits per heavy atom. The highest BCUT2D eigenvalue weighted by Gasteiger charge is 2.04. The third kappa shape index (κ3) is 2.72. The summed E-state index contributed by atoms with van der Waals surface area (Å²) in [5.74, 6) is 0. The number of rotatable bonds is 3. The molecule has 2 rings (SSSR count). The molecular formula is C10H10N2O2S2. The molecule has 84 valence electrons. The monoisotopic (exact) mass is 254 g/mol. The van der Waals surface area contributed by atoms with Crippen LogP contribution in [-0.2, 0) is 6.61 Å². The zero-order chi connectivity index (χ0) is 11.5. The Morgan fingerprint density at radius 1 is 1.56 bits per heavy atom. The van der Waals surface area contributed by atoms with Crippen molar-refractivity contribution in [1.82, 2.24) is 9.97 Å². The van der Waals surface area contributed by atoms with Crippen LogP contribution in [0, 0.1) is 6.92 Å². The van der Waals surface area contributed by atoms with Gasteiger partial charge in [-0.2, -0.15) is 0 Å². The summed E-state index contributed by atoms with van der Waals surface area (Å²) in [7, 11) is 0. The molecule has 0 saturated heterocycles. The first-order chi connectivity index (χ1) is 7.67. The van der Waals surface area contributed by atoms with Gasteiger partial charge in [0.25, 0.3) is 5.56 Å². The lowest BCUT2D eigenvalue weighted by Gasteiger charge is -1.98. The Balaban J connectivity index is 2.23. The molecule has 6 heteroatoms. The molecule has 0 spiro atoms. The maximum atomic E-state index is 11.2. The third-order valence-corrected chi connectivity index (χ3v) is 3.93. The fourth-order valence-corrected chi connectivity index (χ4v) is 3.18. The Kier molecular flexibility index (Phi) is 3.42. The molecule has 0 amide bonds. The van der Waals surface area contributed by atoms with Crippen LogP contribution < -0.4 is 5.56 Å². The number of hydrogen-bond acceptors (Lipinski definition) is 5. The zero-order valence-electron chi connectivity index (χ0n) is 8.56. The number of aromatic nitrogens is 2. The Bertz CT molecular complexity index is 548. The molecular weight excluding hydrogens is 244 g/mol. The van der Waals surface area contributed by atoms with Gasteiger partial charge < -0.3 is 10.1 Å². The number of aromatic amines is 1. The van der Waals surface area contributed by atoms with Crippen molar-refractivity contribution in [2.75, 3.05) is 0 Å². The number of H-pyrrole nitrogens is 1. The van der Waals surface area contributed by atoms with Crippen molar-refractivity contribution in [3.05, 3.63) is 39.1 Å². The van der Waals surface area contributed by atoms with Gasteiger partial charge in [0.05, 0.1) is 10.8 Å². The van der Waals surface area contributed by atoms with E-state index in [0.717, 1.165) is 9.09 Å². The normalized spacial score (nSPS) is 10.6. The van der Waals surface area contributed by atoms with Crippen molar-refractivity contribution in [3.63, 3.8) is 0 Å². The SMILES string of the molecule is Cc1cc(=O)[nH]c(Sc2ccc(CO)s2)n1. The molecule has 2 N–H and O–H groups in total. The van der Waals surface area contributed by atoms with Crippen molar-refractivity contribution in [1.29, 1.82) is 0 Å². The first kappa shape index (κ1) is 11.4.